The zero-order chi connectivity index (χ0) is 12.9. The molecule has 0 amide bonds. The summed E-state index contributed by atoms with van der Waals surface area (Å²) in [6.45, 7) is 1.70. The number of carboxylic acid groups (broad SMARTS) is 2. The predicted molar refractivity (Wildman–Crippen MR) is 61.5 cm³/mol. The van der Waals surface area contributed by atoms with Crippen molar-refractivity contribution in [3.63, 3.8) is 0 Å². The Kier molecular flexibility index (Phi) is 21.4. The molecule has 4 N–H and O–H groups in total. The summed E-state index contributed by atoms with van der Waals surface area (Å²) in [5, 5.41) is 31.1. The van der Waals surface area contributed by atoms with Gasteiger partial charge in [-0.25, -0.2) is 0 Å². The van der Waals surface area contributed by atoms with Gasteiger partial charge in [-0.3, -0.25) is 9.59 Å². The first kappa shape index (κ1) is 20.0. The van der Waals surface area contributed by atoms with Crippen molar-refractivity contribution in [2.24, 2.45) is 0 Å². The molecule has 0 saturated carbocycles. The van der Waals surface area contributed by atoms with Crippen LogP contribution in [0, 0.1) is 0 Å². The maximum Gasteiger partial charge on any atom is 0.313 e. The first-order valence-corrected chi connectivity index (χ1v) is 5.09. The minimum Gasteiger partial charge on any atom is -0.481 e. The number of rotatable bonds is 3. The SMILES string of the molecule is CCC(O)O.O=C(O)CS.O=C(O)CS. The average Bonchev–Trinajstić information content (AvgIpc) is 2.19. The van der Waals surface area contributed by atoms with Crippen molar-refractivity contribution in [1.82, 2.24) is 0 Å². The van der Waals surface area contributed by atoms with Gasteiger partial charge >= 0.3 is 11.9 Å². The molecule has 0 aliphatic heterocycles. The number of aliphatic hydroxyl groups is 2. The largest absolute Gasteiger partial charge is 0.481 e. The zero-order valence-corrected chi connectivity index (χ0v) is 9.99. The monoisotopic (exact) mass is 260 g/mol. The van der Waals surface area contributed by atoms with Crippen molar-refractivity contribution >= 4 is 37.2 Å². The molecule has 0 aliphatic rings. The van der Waals surface area contributed by atoms with Gasteiger partial charge in [0.05, 0.1) is 11.5 Å². The van der Waals surface area contributed by atoms with Crippen LogP contribution in [-0.4, -0.2) is 50.2 Å². The van der Waals surface area contributed by atoms with Crippen LogP contribution in [0.5, 0.6) is 0 Å². The van der Waals surface area contributed by atoms with E-state index < -0.39 is 18.2 Å². The van der Waals surface area contributed by atoms with Gasteiger partial charge < -0.3 is 20.4 Å². The minimum atomic E-state index is -1.12. The third-order valence-corrected chi connectivity index (χ3v) is 1.18. The molecule has 0 aromatic heterocycles. The second kappa shape index (κ2) is 16.0. The van der Waals surface area contributed by atoms with Crippen molar-refractivity contribution in [3.05, 3.63) is 0 Å². The maximum atomic E-state index is 9.29. The zero-order valence-electron chi connectivity index (χ0n) is 8.20. The number of aliphatic hydroxyl groups excluding tert-OH is 1. The van der Waals surface area contributed by atoms with E-state index in [9.17, 15) is 9.59 Å². The number of carbonyl (C=O) groups is 2. The fraction of sp³-hybridized carbons (Fsp3) is 0.714. The highest BCUT2D eigenvalue weighted by Gasteiger charge is 1.83. The first-order valence-electron chi connectivity index (χ1n) is 3.83. The molecule has 0 unspecified atom stereocenters. The number of hydrogen-bond acceptors (Lipinski definition) is 6. The molecule has 0 saturated heterocycles. The lowest BCUT2D eigenvalue weighted by molar-refractivity contribution is -0.134. The van der Waals surface area contributed by atoms with Gasteiger partial charge in [0.25, 0.3) is 0 Å². The van der Waals surface area contributed by atoms with E-state index in [1.807, 2.05) is 0 Å². The van der Waals surface area contributed by atoms with Gasteiger partial charge in [-0.05, 0) is 6.42 Å². The van der Waals surface area contributed by atoms with Gasteiger partial charge in [-0.15, -0.1) is 0 Å². The lowest BCUT2D eigenvalue weighted by atomic mass is 10.5. The molecule has 6 nitrogen and oxygen atoms in total. The topological polar surface area (TPSA) is 115 Å². The van der Waals surface area contributed by atoms with Crippen molar-refractivity contribution < 1.29 is 30.0 Å². The summed E-state index contributed by atoms with van der Waals surface area (Å²) in [4.78, 5) is 18.6. The molecule has 0 bridgehead atoms. The molecule has 0 aliphatic carbocycles. The summed E-state index contributed by atoms with van der Waals surface area (Å²) in [5.74, 6) is -1.93. The van der Waals surface area contributed by atoms with E-state index >= 15 is 0 Å². The average molecular weight is 260 g/mol. The molecular formula is C7H16O6S2. The number of hydrogen-bond donors (Lipinski definition) is 6. The van der Waals surface area contributed by atoms with E-state index in [0.29, 0.717) is 6.42 Å². The summed E-state index contributed by atoms with van der Waals surface area (Å²) in [6.07, 6.45) is -0.699. The van der Waals surface area contributed by atoms with E-state index in [1.165, 1.54) is 0 Å². The fourth-order valence-corrected chi connectivity index (χ4v) is 0. The lowest BCUT2D eigenvalue weighted by Crippen LogP contribution is -1.99. The molecule has 0 aromatic carbocycles. The minimum absolute atomic E-state index is 0.0833. The van der Waals surface area contributed by atoms with E-state index in [4.69, 9.17) is 20.4 Å². The summed E-state index contributed by atoms with van der Waals surface area (Å²) in [5.41, 5.74) is 0. The smallest absolute Gasteiger partial charge is 0.313 e. The van der Waals surface area contributed by atoms with Crippen LogP contribution in [0.3, 0.4) is 0 Å². The Bertz CT molecular complexity index is 148. The van der Waals surface area contributed by atoms with Crippen molar-refractivity contribution in [2.45, 2.75) is 19.6 Å². The highest BCUT2D eigenvalue weighted by atomic mass is 32.1. The molecule has 0 heterocycles. The Hall–Kier alpha value is -0.440. The van der Waals surface area contributed by atoms with Crippen molar-refractivity contribution in [3.8, 4) is 0 Å². The van der Waals surface area contributed by atoms with Gasteiger partial charge in [-0.1, -0.05) is 6.92 Å². The van der Waals surface area contributed by atoms with Crippen LogP contribution in [0.1, 0.15) is 13.3 Å². The maximum absolute atomic E-state index is 9.29. The van der Waals surface area contributed by atoms with Crippen LogP contribution >= 0.6 is 25.3 Å². The van der Waals surface area contributed by atoms with Crippen LogP contribution < -0.4 is 0 Å². The van der Waals surface area contributed by atoms with Gasteiger partial charge in [0, 0.05) is 0 Å². The van der Waals surface area contributed by atoms with E-state index in [2.05, 4.69) is 25.3 Å². The second-order valence-corrected chi connectivity index (χ2v) is 2.63. The Balaban J connectivity index is -0.000000144. The van der Waals surface area contributed by atoms with Crippen LogP contribution in [0.2, 0.25) is 0 Å². The van der Waals surface area contributed by atoms with Crippen LogP contribution in [0.25, 0.3) is 0 Å². The number of carboxylic acids is 2. The molecular weight excluding hydrogens is 244 g/mol. The summed E-state index contributed by atoms with van der Waals surface area (Å²) < 4.78 is 0. The van der Waals surface area contributed by atoms with Gasteiger partial charge in [0.1, 0.15) is 0 Å². The summed E-state index contributed by atoms with van der Waals surface area (Å²) in [7, 11) is 0. The second-order valence-electron chi connectivity index (χ2n) is 1.99. The highest BCUT2D eigenvalue weighted by molar-refractivity contribution is 7.81. The van der Waals surface area contributed by atoms with Crippen LogP contribution in [-0.2, 0) is 9.59 Å². The van der Waals surface area contributed by atoms with E-state index in [-0.39, 0.29) is 11.5 Å². The van der Waals surface area contributed by atoms with E-state index in [1.54, 1.807) is 6.92 Å². The third-order valence-electron chi connectivity index (χ3n) is 0.636. The summed E-state index contributed by atoms with van der Waals surface area (Å²) in [6, 6.07) is 0. The molecule has 0 radical (unpaired) electrons. The van der Waals surface area contributed by atoms with Gasteiger partial charge in [-0.2, -0.15) is 25.3 Å². The number of thiol groups is 2. The lowest BCUT2D eigenvalue weighted by Gasteiger charge is -1.90. The van der Waals surface area contributed by atoms with E-state index in [0.717, 1.165) is 0 Å². The molecule has 0 atom stereocenters. The molecule has 15 heavy (non-hydrogen) atoms. The normalized spacial score (nSPS) is 8.13. The van der Waals surface area contributed by atoms with Crippen molar-refractivity contribution in [2.75, 3.05) is 11.5 Å². The molecule has 0 aromatic rings. The van der Waals surface area contributed by atoms with Crippen molar-refractivity contribution in [1.29, 1.82) is 0 Å². The fourth-order valence-electron chi connectivity index (χ4n) is 0. The molecule has 92 valence electrons. The Morgan fingerprint density at radius 2 is 1.20 bits per heavy atom. The Morgan fingerprint density at radius 3 is 1.20 bits per heavy atom. The van der Waals surface area contributed by atoms with Crippen LogP contribution in [0.4, 0.5) is 0 Å². The molecule has 0 spiro atoms. The van der Waals surface area contributed by atoms with Gasteiger partial charge in [0.15, 0.2) is 6.29 Å². The van der Waals surface area contributed by atoms with Crippen LogP contribution in [0.15, 0.2) is 0 Å². The van der Waals surface area contributed by atoms with Gasteiger partial charge in [0.2, 0.25) is 0 Å². The molecule has 0 fully saturated rings. The standard InChI is InChI=1S/C3H8O2.2C2H4O2S/c1-2-3(4)5;2*3-2(4)1-5/h3-5H,2H2,1H3;2*5H,1H2,(H,3,4). The Labute approximate surface area is 98.8 Å². The Morgan fingerprint density at radius 1 is 1.07 bits per heavy atom. The number of aliphatic carboxylic acids is 2. The highest BCUT2D eigenvalue weighted by Crippen LogP contribution is 1.77. The molecule has 8 heteroatoms. The summed E-state index contributed by atoms with van der Waals surface area (Å²) >= 11 is 6.83. The molecule has 0 rings (SSSR count). The third kappa shape index (κ3) is 58.6. The predicted octanol–water partition coefficient (Wildman–Crippen LogP) is -0.291. The quantitative estimate of drug-likeness (QED) is 0.307. The first-order chi connectivity index (χ1) is 6.81.